The van der Waals surface area contributed by atoms with Gasteiger partial charge in [-0.2, -0.15) is 0 Å². The van der Waals surface area contributed by atoms with E-state index in [4.69, 9.17) is 11.6 Å². The second-order valence-corrected chi connectivity index (χ2v) is 4.87. The lowest BCUT2D eigenvalue weighted by molar-refractivity contribution is 0.284. The fraction of sp³-hybridized carbons (Fsp3) is 0.250. The van der Waals surface area contributed by atoms with Crippen molar-refractivity contribution in [2.45, 2.75) is 20.0 Å². The topological polar surface area (TPSA) is 33.1 Å². The van der Waals surface area contributed by atoms with Gasteiger partial charge in [-0.25, -0.2) is 4.98 Å². The van der Waals surface area contributed by atoms with Gasteiger partial charge in [0, 0.05) is 5.56 Å². The van der Waals surface area contributed by atoms with Crippen LogP contribution in [0.25, 0.3) is 10.6 Å². The standard InChI is InChI=1S/C12H12ClNOS/c1-2-10-11(7-15)16-12(14-10)8-5-3-4-6-9(8)13/h3-6,15H,2,7H2,1H3. The number of hydrogen-bond donors (Lipinski definition) is 1. The molecule has 16 heavy (non-hydrogen) atoms. The molecule has 0 atom stereocenters. The molecule has 0 bridgehead atoms. The molecule has 2 nitrogen and oxygen atoms in total. The highest BCUT2D eigenvalue weighted by atomic mass is 35.5. The lowest BCUT2D eigenvalue weighted by atomic mass is 10.2. The van der Waals surface area contributed by atoms with Crippen molar-refractivity contribution in [3.8, 4) is 10.6 Å². The summed E-state index contributed by atoms with van der Waals surface area (Å²) in [6.45, 7) is 2.08. The minimum atomic E-state index is 0.0469. The molecule has 0 saturated heterocycles. The Labute approximate surface area is 104 Å². The van der Waals surface area contributed by atoms with E-state index in [1.54, 1.807) is 0 Å². The molecule has 0 unspecified atom stereocenters. The molecule has 1 aromatic heterocycles. The number of aromatic nitrogens is 1. The van der Waals surface area contributed by atoms with Crippen LogP contribution in [-0.4, -0.2) is 10.1 Å². The van der Waals surface area contributed by atoms with E-state index in [0.29, 0.717) is 5.02 Å². The van der Waals surface area contributed by atoms with Crippen LogP contribution in [0.15, 0.2) is 24.3 Å². The number of nitrogens with zero attached hydrogens (tertiary/aromatic N) is 1. The summed E-state index contributed by atoms with van der Waals surface area (Å²) in [6.07, 6.45) is 0.830. The van der Waals surface area contributed by atoms with Crippen molar-refractivity contribution < 1.29 is 5.11 Å². The highest BCUT2D eigenvalue weighted by molar-refractivity contribution is 7.15. The lowest BCUT2D eigenvalue weighted by Crippen LogP contribution is -1.87. The average molecular weight is 254 g/mol. The van der Waals surface area contributed by atoms with Crippen LogP contribution in [0.2, 0.25) is 5.02 Å². The molecule has 0 aliphatic heterocycles. The molecule has 2 rings (SSSR count). The first-order valence-electron chi connectivity index (χ1n) is 5.10. The van der Waals surface area contributed by atoms with Gasteiger partial charge in [-0.1, -0.05) is 36.7 Å². The van der Waals surface area contributed by atoms with Gasteiger partial charge in [-0.05, 0) is 12.5 Å². The maximum atomic E-state index is 9.22. The van der Waals surface area contributed by atoms with E-state index in [1.807, 2.05) is 31.2 Å². The minimum absolute atomic E-state index is 0.0469. The Hall–Kier alpha value is -0.900. The zero-order chi connectivity index (χ0) is 11.5. The highest BCUT2D eigenvalue weighted by Crippen LogP contribution is 2.32. The molecule has 1 aromatic carbocycles. The third kappa shape index (κ3) is 2.12. The van der Waals surface area contributed by atoms with E-state index in [9.17, 15) is 5.11 Å². The van der Waals surface area contributed by atoms with E-state index in [0.717, 1.165) is 27.6 Å². The molecule has 0 amide bonds. The molecule has 0 fully saturated rings. The van der Waals surface area contributed by atoms with E-state index >= 15 is 0 Å². The van der Waals surface area contributed by atoms with Crippen LogP contribution in [0, 0.1) is 0 Å². The van der Waals surface area contributed by atoms with Crippen molar-refractivity contribution in [1.82, 2.24) is 4.98 Å². The van der Waals surface area contributed by atoms with Crippen LogP contribution in [0.4, 0.5) is 0 Å². The Kier molecular flexibility index (Phi) is 3.59. The third-order valence-corrected chi connectivity index (χ3v) is 3.81. The van der Waals surface area contributed by atoms with E-state index in [1.165, 1.54) is 11.3 Å². The predicted molar refractivity (Wildman–Crippen MR) is 67.9 cm³/mol. The molecule has 0 aliphatic carbocycles. The summed E-state index contributed by atoms with van der Waals surface area (Å²) in [5.41, 5.74) is 1.89. The fourth-order valence-electron chi connectivity index (χ4n) is 1.53. The van der Waals surface area contributed by atoms with Gasteiger partial charge in [0.05, 0.1) is 22.2 Å². The SMILES string of the molecule is CCc1nc(-c2ccccc2Cl)sc1CO. The second-order valence-electron chi connectivity index (χ2n) is 3.38. The minimum Gasteiger partial charge on any atom is -0.391 e. The van der Waals surface area contributed by atoms with Gasteiger partial charge in [-0.15, -0.1) is 11.3 Å². The van der Waals surface area contributed by atoms with Gasteiger partial charge >= 0.3 is 0 Å². The Morgan fingerprint density at radius 1 is 1.38 bits per heavy atom. The fourth-order valence-corrected chi connectivity index (χ4v) is 2.86. The molecule has 0 spiro atoms. The number of aliphatic hydroxyl groups excluding tert-OH is 1. The molecule has 0 aliphatic rings. The van der Waals surface area contributed by atoms with Gasteiger partial charge < -0.3 is 5.11 Å². The average Bonchev–Trinajstić information content (AvgIpc) is 2.72. The van der Waals surface area contributed by atoms with Gasteiger partial charge in [0.2, 0.25) is 0 Å². The van der Waals surface area contributed by atoms with Crippen molar-refractivity contribution in [1.29, 1.82) is 0 Å². The van der Waals surface area contributed by atoms with E-state index in [-0.39, 0.29) is 6.61 Å². The Morgan fingerprint density at radius 2 is 2.12 bits per heavy atom. The first-order valence-corrected chi connectivity index (χ1v) is 6.30. The van der Waals surface area contributed by atoms with Crippen LogP contribution in [0.5, 0.6) is 0 Å². The largest absolute Gasteiger partial charge is 0.391 e. The zero-order valence-corrected chi connectivity index (χ0v) is 10.5. The number of benzene rings is 1. The zero-order valence-electron chi connectivity index (χ0n) is 8.90. The smallest absolute Gasteiger partial charge is 0.125 e. The highest BCUT2D eigenvalue weighted by Gasteiger charge is 2.12. The molecule has 84 valence electrons. The van der Waals surface area contributed by atoms with Gasteiger partial charge in [0.15, 0.2) is 0 Å². The second kappa shape index (κ2) is 4.95. The summed E-state index contributed by atoms with van der Waals surface area (Å²) in [7, 11) is 0. The first kappa shape index (κ1) is 11.6. The summed E-state index contributed by atoms with van der Waals surface area (Å²) in [5.74, 6) is 0. The summed E-state index contributed by atoms with van der Waals surface area (Å²) < 4.78 is 0. The summed E-state index contributed by atoms with van der Waals surface area (Å²) in [5, 5.41) is 10.8. The van der Waals surface area contributed by atoms with Crippen LogP contribution in [0.1, 0.15) is 17.5 Å². The van der Waals surface area contributed by atoms with Crippen molar-refractivity contribution in [2.24, 2.45) is 0 Å². The molecule has 1 N–H and O–H groups in total. The van der Waals surface area contributed by atoms with Crippen molar-refractivity contribution in [3.05, 3.63) is 39.9 Å². The molecule has 0 radical (unpaired) electrons. The van der Waals surface area contributed by atoms with Crippen LogP contribution in [0.3, 0.4) is 0 Å². The maximum absolute atomic E-state index is 9.22. The summed E-state index contributed by atoms with van der Waals surface area (Å²) >= 11 is 7.62. The van der Waals surface area contributed by atoms with E-state index in [2.05, 4.69) is 4.98 Å². The quantitative estimate of drug-likeness (QED) is 0.908. The molecule has 2 aromatic rings. The summed E-state index contributed by atoms with van der Waals surface area (Å²) in [4.78, 5) is 5.43. The van der Waals surface area contributed by atoms with Crippen LogP contribution >= 0.6 is 22.9 Å². The van der Waals surface area contributed by atoms with Gasteiger partial charge in [0.25, 0.3) is 0 Å². The number of thiazole rings is 1. The molecular weight excluding hydrogens is 242 g/mol. The number of aryl methyl sites for hydroxylation is 1. The molecular formula is C12H12ClNOS. The van der Waals surface area contributed by atoms with E-state index < -0.39 is 0 Å². The predicted octanol–water partition coefficient (Wildman–Crippen LogP) is 3.52. The number of hydrogen-bond acceptors (Lipinski definition) is 3. The van der Waals surface area contributed by atoms with Gasteiger partial charge in [0.1, 0.15) is 5.01 Å². The maximum Gasteiger partial charge on any atom is 0.125 e. The van der Waals surface area contributed by atoms with Crippen LogP contribution in [-0.2, 0) is 13.0 Å². The van der Waals surface area contributed by atoms with Crippen LogP contribution < -0.4 is 0 Å². The lowest BCUT2D eigenvalue weighted by Gasteiger charge is -1.97. The Balaban J connectivity index is 2.49. The first-order chi connectivity index (χ1) is 7.76. The molecule has 1 heterocycles. The summed E-state index contributed by atoms with van der Waals surface area (Å²) in [6, 6.07) is 7.63. The number of halogens is 1. The molecule has 0 saturated carbocycles. The van der Waals surface area contributed by atoms with Crippen molar-refractivity contribution in [3.63, 3.8) is 0 Å². The Bertz CT molecular complexity index is 474. The van der Waals surface area contributed by atoms with Crippen molar-refractivity contribution in [2.75, 3.05) is 0 Å². The monoisotopic (exact) mass is 253 g/mol. The van der Waals surface area contributed by atoms with Gasteiger partial charge in [-0.3, -0.25) is 0 Å². The molecule has 4 heteroatoms. The Morgan fingerprint density at radius 3 is 2.69 bits per heavy atom. The number of rotatable bonds is 3. The normalized spacial score (nSPS) is 10.7. The van der Waals surface area contributed by atoms with Crippen molar-refractivity contribution >= 4 is 22.9 Å². The third-order valence-electron chi connectivity index (χ3n) is 2.36. The number of aliphatic hydroxyl groups is 1.